The molecule has 0 aliphatic carbocycles. The number of nitrogens with one attached hydrogen (secondary N) is 2. The number of hydrogen-bond acceptors (Lipinski definition) is 6. The highest BCUT2D eigenvalue weighted by atomic mass is 16.3. The Morgan fingerprint density at radius 1 is 1.12 bits per heavy atom. The summed E-state index contributed by atoms with van der Waals surface area (Å²) in [6, 6.07) is 7.80. The van der Waals surface area contributed by atoms with E-state index in [1.54, 1.807) is 30.5 Å². The monoisotopic (exact) mass is 337 g/mol. The molecule has 1 aromatic carbocycles. The average molecular weight is 337 g/mol. The molecule has 2 aromatic heterocycles. The molecule has 0 radical (unpaired) electrons. The quantitative estimate of drug-likeness (QED) is 0.632. The molecule has 126 valence electrons. The van der Waals surface area contributed by atoms with E-state index >= 15 is 0 Å². The SMILES string of the molecule is O=C(NC(CO)C(=O)Nc1ccc2ncccc2c1)c1cnccn1. The minimum Gasteiger partial charge on any atom is -0.394 e. The number of benzene rings is 1. The van der Waals surface area contributed by atoms with Crippen molar-refractivity contribution in [3.8, 4) is 0 Å². The lowest BCUT2D eigenvalue weighted by atomic mass is 10.2. The Kier molecular flexibility index (Phi) is 4.91. The average Bonchev–Trinajstić information content (AvgIpc) is 2.66. The van der Waals surface area contributed by atoms with Crippen molar-refractivity contribution in [2.75, 3.05) is 11.9 Å². The highest BCUT2D eigenvalue weighted by Crippen LogP contribution is 2.17. The number of anilines is 1. The fraction of sp³-hybridized carbons (Fsp3) is 0.118. The lowest BCUT2D eigenvalue weighted by Crippen LogP contribution is -2.46. The number of aliphatic hydroxyl groups excluding tert-OH is 1. The summed E-state index contributed by atoms with van der Waals surface area (Å²) in [5.41, 5.74) is 1.40. The van der Waals surface area contributed by atoms with Gasteiger partial charge in [-0.2, -0.15) is 0 Å². The fourth-order valence-corrected chi connectivity index (χ4v) is 2.23. The van der Waals surface area contributed by atoms with Crippen LogP contribution in [0.4, 0.5) is 5.69 Å². The van der Waals surface area contributed by atoms with Gasteiger partial charge in [-0.1, -0.05) is 6.07 Å². The summed E-state index contributed by atoms with van der Waals surface area (Å²) < 4.78 is 0. The first-order valence-corrected chi connectivity index (χ1v) is 7.51. The number of aliphatic hydroxyl groups is 1. The Bertz CT molecular complexity index is 901. The van der Waals surface area contributed by atoms with Crippen LogP contribution in [0.25, 0.3) is 10.9 Å². The zero-order chi connectivity index (χ0) is 17.6. The molecule has 0 bridgehead atoms. The molecular formula is C17H15N5O3. The lowest BCUT2D eigenvalue weighted by molar-refractivity contribution is -0.118. The molecule has 0 aliphatic rings. The summed E-state index contributed by atoms with van der Waals surface area (Å²) in [4.78, 5) is 36.2. The molecule has 2 amide bonds. The molecule has 1 atom stereocenters. The molecule has 0 fully saturated rings. The molecule has 8 nitrogen and oxygen atoms in total. The third-order valence-corrected chi connectivity index (χ3v) is 3.47. The van der Waals surface area contributed by atoms with Crippen LogP contribution in [0.1, 0.15) is 10.5 Å². The van der Waals surface area contributed by atoms with Crippen LogP contribution in [0.2, 0.25) is 0 Å². The zero-order valence-electron chi connectivity index (χ0n) is 13.1. The van der Waals surface area contributed by atoms with Crippen molar-refractivity contribution in [2.24, 2.45) is 0 Å². The minimum absolute atomic E-state index is 0.0607. The van der Waals surface area contributed by atoms with Gasteiger partial charge in [0.05, 0.1) is 18.3 Å². The normalized spacial score (nSPS) is 11.7. The van der Waals surface area contributed by atoms with Crippen molar-refractivity contribution < 1.29 is 14.7 Å². The predicted octanol–water partition coefficient (Wildman–Crippen LogP) is 0.754. The smallest absolute Gasteiger partial charge is 0.272 e. The molecule has 3 aromatic rings. The second kappa shape index (κ2) is 7.45. The molecule has 2 heterocycles. The molecular weight excluding hydrogens is 322 g/mol. The third-order valence-electron chi connectivity index (χ3n) is 3.47. The van der Waals surface area contributed by atoms with Crippen molar-refractivity contribution in [3.05, 3.63) is 60.8 Å². The van der Waals surface area contributed by atoms with Crippen LogP contribution in [-0.2, 0) is 4.79 Å². The van der Waals surface area contributed by atoms with Crippen LogP contribution >= 0.6 is 0 Å². The topological polar surface area (TPSA) is 117 Å². The first kappa shape index (κ1) is 16.5. The van der Waals surface area contributed by atoms with Crippen molar-refractivity contribution in [2.45, 2.75) is 6.04 Å². The number of carbonyl (C=O) groups excluding carboxylic acids is 2. The standard InChI is InChI=1S/C17H15N5O3/c23-10-15(22-16(24)14-9-18-6-7-20-14)17(25)21-12-3-4-13-11(8-12)2-1-5-19-13/h1-9,15,23H,10H2,(H,21,25)(H,22,24). The lowest BCUT2D eigenvalue weighted by Gasteiger charge is -2.16. The maximum absolute atomic E-state index is 12.3. The van der Waals surface area contributed by atoms with E-state index in [-0.39, 0.29) is 5.69 Å². The first-order valence-electron chi connectivity index (χ1n) is 7.51. The number of fused-ring (bicyclic) bond motifs is 1. The number of carbonyl (C=O) groups is 2. The molecule has 3 N–H and O–H groups in total. The first-order chi connectivity index (χ1) is 12.2. The highest BCUT2D eigenvalue weighted by molar-refractivity contribution is 6.01. The zero-order valence-corrected chi connectivity index (χ0v) is 13.1. The molecule has 1 unspecified atom stereocenters. The van der Waals surface area contributed by atoms with Gasteiger partial charge in [0.15, 0.2) is 0 Å². The Hall–Kier alpha value is -3.39. The van der Waals surface area contributed by atoms with E-state index in [1.165, 1.54) is 18.6 Å². The van der Waals surface area contributed by atoms with Crippen LogP contribution in [0.5, 0.6) is 0 Å². The maximum Gasteiger partial charge on any atom is 0.272 e. The number of hydrogen-bond donors (Lipinski definition) is 3. The number of nitrogens with zero attached hydrogens (tertiary/aromatic N) is 3. The molecule has 8 heteroatoms. The second-order valence-electron chi connectivity index (χ2n) is 5.20. The Morgan fingerprint density at radius 2 is 2.00 bits per heavy atom. The van der Waals surface area contributed by atoms with Crippen molar-refractivity contribution in [1.82, 2.24) is 20.3 Å². The van der Waals surface area contributed by atoms with Crippen molar-refractivity contribution in [1.29, 1.82) is 0 Å². The molecule has 0 saturated carbocycles. The van der Waals surface area contributed by atoms with Gasteiger partial charge in [0, 0.05) is 29.7 Å². The Balaban J connectivity index is 1.70. The van der Waals surface area contributed by atoms with Gasteiger partial charge in [-0.05, 0) is 24.3 Å². The van der Waals surface area contributed by atoms with E-state index in [2.05, 4.69) is 25.6 Å². The third kappa shape index (κ3) is 3.93. The Morgan fingerprint density at radius 3 is 2.76 bits per heavy atom. The van der Waals surface area contributed by atoms with E-state index in [0.29, 0.717) is 5.69 Å². The van der Waals surface area contributed by atoms with Crippen LogP contribution in [0.3, 0.4) is 0 Å². The van der Waals surface area contributed by atoms with E-state index in [1.807, 2.05) is 6.07 Å². The van der Waals surface area contributed by atoms with Crippen LogP contribution in [-0.4, -0.2) is 44.5 Å². The van der Waals surface area contributed by atoms with Crippen molar-refractivity contribution in [3.63, 3.8) is 0 Å². The largest absolute Gasteiger partial charge is 0.394 e. The van der Waals surface area contributed by atoms with Crippen molar-refractivity contribution >= 4 is 28.4 Å². The second-order valence-corrected chi connectivity index (χ2v) is 5.20. The molecule has 0 saturated heterocycles. The number of amides is 2. The van der Waals surface area contributed by atoms with Gasteiger partial charge in [-0.3, -0.25) is 19.6 Å². The van der Waals surface area contributed by atoms with E-state index < -0.39 is 24.5 Å². The summed E-state index contributed by atoms with van der Waals surface area (Å²) in [6.45, 7) is -0.549. The molecule has 0 spiro atoms. The Labute approximate surface area is 143 Å². The van der Waals surface area contributed by atoms with E-state index in [0.717, 1.165) is 10.9 Å². The maximum atomic E-state index is 12.3. The summed E-state index contributed by atoms with van der Waals surface area (Å²) >= 11 is 0. The van der Waals surface area contributed by atoms with Gasteiger partial charge in [0.2, 0.25) is 5.91 Å². The van der Waals surface area contributed by atoms with Crippen LogP contribution in [0, 0.1) is 0 Å². The van der Waals surface area contributed by atoms with Gasteiger partial charge >= 0.3 is 0 Å². The summed E-state index contributed by atoms with van der Waals surface area (Å²) in [7, 11) is 0. The van der Waals surface area contributed by atoms with Crippen LogP contribution in [0.15, 0.2) is 55.1 Å². The number of rotatable bonds is 5. The van der Waals surface area contributed by atoms with E-state index in [4.69, 9.17) is 0 Å². The molecule has 3 rings (SSSR count). The number of pyridine rings is 1. The summed E-state index contributed by atoms with van der Waals surface area (Å²) in [6.07, 6.45) is 5.76. The number of aromatic nitrogens is 3. The molecule has 0 aliphatic heterocycles. The van der Waals surface area contributed by atoms with E-state index in [9.17, 15) is 14.7 Å². The highest BCUT2D eigenvalue weighted by Gasteiger charge is 2.21. The summed E-state index contributed by atoms with van der Waals surface area (Å²) in [5, 5.41) is 15.4. The molecule has 25 heavy (non-hydrogen) atoms. The van der Waals surface area contributed by atoms with Crippen LogP contribution < -0.4 is 10.6 Å². The predicted molar refractivity (Wildman–Crippen MR) is 90.7 cm³/mol. The van der Waals surface area contributed by atoms with Gasteiger partial charge in [0.1, 0.15) is 11.7 Å². The fourth-order valence-electron chi connectivity index (χ4n) is 2.23. The van der Waals surface area contributed by atoms with Gasteiger partial charge in [-0.25, -0.2) is 4.98 Å². The van der Waals surface area contributed by atoms with Gasteiger partial charge in [-0.15, -0.1) is 0 Å². The summed E-state index contributed by atoms with van der Waals surface area (Å²) in [5.74, 6) is -1.13. The minimum atomic E-state index is -1.11. The van der Waals surface area contributed by atoms with Gasteiger partial charge < -0.3 is 15.7 Å². The van der Waals surface area contributed by atoms with Gasteiger partial charge in [0.25, 0.3) is 5.91 Å².